The summed E-state index contributed by atoms with van der Waals surface area (Å²) < 4.78 is 17.1. The summed E-state index contributed by atoms with van der Waals surface area (Å²) in [4.78, 5) is 4.21. The van der Waals surface area contributed by atoms with E-state index in [1.165, 1.54) is 33.0 Å². The topological polar surface area (TPSA) is 25.2 Å². The van der Waals surface area contributed by atoms with Gasteiger partial charge >= 0.3 is 0 Å². The van der Waals surface area contributed by atoms with Crippen LogP contribution in [0.2, 0.25) is 5.15 Å². The highest BCUT2D eigenvalue weighted by Crippen LogP contribution is 2.13. The lowest BCUT2D eigenvalue weighted by Gasteiger charge is -1.90. The molecule has 0 N–H and O–H groups in total. The molecule has 0 aliphatic carbocycles. The van der Waals surface area contributed by atoms with E-state index >= 15 is 0 Å². The maximum absolute atomic E-state index is 12.6. The van der Waals surface area contributed by atoms with Crippen LogP contribution in [0.25, 0.3) is 0 Å². The van der Waals surface area contributed by atoms with Crippen LogP contribution in [0.15, 0.2) is 29.3 Å². The molecule has 0 aliphatic heterocycles. The highest BCUT2D eigenvalue weighted by Gasteiger charge is 1.97. The lowest BCUT2D eigenvalue weighted by atomic mass is 10.3. The normalized spacial score (nSPS) is 12.0. The monoisotopic (exact) mass is 246 g/mol. The first-order chi connectivity index (χ1) is 6.75. The SMILES string of the molecule is Fc1ccc(N=c2ssnc2Cl)cc1. The van der Waals surface area contributed by atoms with Crippen molar-refractivity contribution in [2.45, 2.75) is 0 Å². The van der Waals surface area contributed by atoms with E-state index in [-0.39, 0.29) is 5.82 Å². The molecule has 2 aromatic rings. The lowest BCUT2D eigenvalue weighted by Crippen LogP contribution is -1.92. The molecule has 0 saturated carbocycles. The van der Waals surface area contributed by atoms with Crippen molar-refractivity contribution in [1.82, 2.24) is 4.37 Å². The van der Waals surface area contributed by atoms with Gasteiger partial charge in [0.15, 0.2) is 9.82 Å². The van der Waals surface area contributed by atoms with Crippen LogP contribution in [-0.2, 0) is 0 Å². The average Bonchev–Trinajstić information content (AvgIpc) is 2.56. The van der Waals surface area contributed by atoms with E-state index in [4.69, 9.17) is 11.6 Å². The summed E-state index contributed by atoms with van der Waals surface area (Å²) in [5.41, 5.74) is 0.671. The second kappa shape index (κ2) is 4.16. The Morgan fingerprint density at radius 1 is 1.29 bits per heavy atom. The molecule has 0 atom stereocenters. The van der Waals surface area contributed by atoms with Crippen LogP contribution in [0.3, 0.4) is 0 Å². The third-order valence-electron chi connectivity index (χ3n) is 1.47. The highest BCUT2D eigenvalue weighted by molar-refractivity contribution is 7.66. The van der Waals surface area contributed by atoms with Crippen LogP contribution in [0.4, 0.5) is 10.1 Å². The molecule has 2 nitrogen and oxygen atoms in total. The number of benzene rings is 1. The molecule has 0 unspecified atom stereocenters. The zero-order valence-corrected chi connectivity index (χ0v) is 9.17. The Balaban J connectivity index is 2.44. The van der Waals surface area contributed by atoms with Gasteiger partial charge < -0.3 is 0 Å². The van der Waals surface area contributed by atoms with Gasteiger partial charge in [-0.3, -0.25) is 0 Å². The third kappa shape index (κ3) is 2.17. The van der Waals surface area contributed by atoms with Gasteiger partial charge in [-0.05, 0) is 34.6 Å². The zero-order valence-electron chi connectivity index (χ0n) is 6.78. The summed E-state index contributed by atoms with van der Waals surface area (Å²) in [5.74, 6) is -0.276. The zero-order chi connectivity index (χ0) is 9.97. The Hall–Kier alpha value is -0.780. The van der Waals surface area contributed by atoms with E-state index in [1.54, 1.807) is 12.1 Å². The van der Waals surface area contributed by atoms with Gasteiger partial charge in [0, 0.05) is 10.5 Å². The molecular weight excluding hydrogens is 243 g/mol. The van der Waals surface area contributed by atoms with Crippen molar-refractivity contribution >= 4 is 38.2 Å². The molecule has 6 heteroatoms. The number of hydrogen-bond acceptors (Lipinski definition) is 4. The fraction of sp³-hybridized carbons (Fsp3) is 0. The molecule has 0 radical (unpaired) electrons. The van der Waals surface area contributed by atoms with Crippen molar-refractivity contribution in [3.8, 4) is 0 Å². The minimum Gasteiger partial charge on any atom is -0.234 e. The highest BCUT2D eigenvalue weighted by atomic mass is 35.5. The predicted molar refractivity (Wildman–Crippen MR) is 56.6 cm³/mol. The molecule has 1 aromatic heterocycles. The minimum atomic E-state index is -0.276. The summed E-state index contributed by atoms with van der Waals surface area (Å²) in [6.45, 7) is 0. The third-order valence-corrected chi connectivity index (χ3v) is 3.64. The van der Waals surface area contributed by atoms with E-state index in [0.717, 1.165) is 0 Å². The first-order valence-electron chi connectivity index (χ1n) is 3.67. The van der Waals surface area contributed by atoms with Crippen LogP contribution in [0.1, 0.15) is 0 Å². The Morgan fingerprint density at radius 2 is 2.00 bits per heavy atom. The molecule has 2 rings (SSSR count). The average molecular weight is 247 g/mol. The van der Waals surface area contributed by atoms with Gasteiger partial charge in [0.25, 0.3) is 0 Å². The molecule has 0 fully saturated rings. The molecule has 14 heavy (non-hydrogen) atoms. The Labute approximate surface area is 91.9 Å². The van der Waals surface area contributed by atoms with Gasteiger partial charge in [-0.25, -0.2) is 9.38 Å². The summed E-state index contributed by atoms with van der Waals surface area (Å²) in [5, 5.41) is 0.393. The largest absolute Gasteiger partial charge is 0.234 e. The number of halogens is 2. The Kier molecular flexibility index (Phi) is 2.90. The smallest absolute Gasteiger partial charge is 0.179 e. The van der Waals surface area contributed by atoms with Crippen molar-refractivity contribution < 1.29 is 4.39 Å². The second-order valence-electron chi connectivity index (χ2n) is 2.43. The van der Waals surface area contributed by atoms with Gasteiger partial charge in [0.1, 0.15) is 5.82 Å². The molecule has 1 aromatic carbocycles. The van der Waals surface area contributed by atoms with Crippen LogP contribution in [0, 0.1) is 5.82 Å². The van der Waals surface area contributed by atoms with Crippen LogP contribution in [-0.4, -0.2) is 4.37 Å². The fourth-order valence-corrected chi connectivity index (χ4v) is 2.85. The first kappa shape index (κ1) is 9.76. The standard InChI is InChI=1S/C8H4ClFN2S2/c9-7-8(13-14-12-7)11-6-3-1-5(10)2-4-6/h1-4H. The predicted octanol–water partition coefficient (Wildman–Crippen LogP) is 3.23. The van der Waals surface area contributed by atoms with Gasteiger partial charge in [0.05, 0.1) is 5.69 Å². The number of aromatic nitrogens is 1. The molecule has 0 bridgehead atoms. The number of nitrogens with zero attached hydrogens (tertiary/aromatic N) is 2. The summed E-state index contributed by atoms with van der Waals surface area (Å²) >= 11 is 5.76. The Bertz CT molecular complexity index is 489. The van der Waals surface area contributed by atoms with Crippen molar-refractivity contribution in [1.29, 1.82) is 0 Å². The lowest BCUT2D eigenvalue weighted by molar-refractivity contribution is 0.628. The maximum Gasteiger partial charge on any atom is 0.179 e. The van der Waals surface area contributed by atoms with E-state index in [9.17, 15) is 4.39 Å². The molecule has 0 spiro atoms. The van der Waals surface area contributed by atoms with Gasteiger partial charge in [-0.2, -0.15) is 4.37 Å². The first-order valence-corrected chi connectivity index (χ1v) is 6.16. The van der Waals surface area contributed by atoms with E-state index in [0.29, 0.717) is 15.5 Å². The van der Waals surface area contributed by atoms with E-state index in [2.05, 4.69) is 9.37 Å². The van der Waals surface area contributed by atoms with Gasteiger partial charge in [-0.15, -0.1) is 0 Å². The molecular formula is C8H4ClFN2S2. The summed E-state index contributed by atoms with van der Waals surface area (Å²) in [6, 6.07) is 5.90. The molecule has 0 amide bonds. The van der Waals surface area contributed by atoms with Crippen molar-refractivity contribution in [2.75, 3.05) is 0 Å². The van der Waals surface area contributed by atoms with Gasteiger partial charge in [-0.1, -0.05) is 11.6 Å². The Morgan fingerprint density at radius 3 is 2.57 bits per heavy atom. The van der Waals surface area contributed by atoms with Gasteiger partial charge in [0.2, 0.25) is 0 Å². The van der Waals surface area contributed by atoms with E-state index in [1.807, 2.05) is 0 Å². The van der Waals surface area contributed by atoms with Crippen LogP contribution in [0.5, 0.6) is 0 Å². The maximum atomic E-state index is 12.6. The molecule has 72 valence electrons. The molecule has 0 saturated heterocycles. The fourth-order valence-electron chi connectivity index (χ4n) is 0.858. The van der Waals surface area contributed by atoms with Crippen molar-refractivity contribution in [3.05, 3.63) is 39.9 Å². The van der Waals surface area contributed by atoms with Crippen molar-refractivity contribution in [3.63, 3.8) is 0 Å². The molecule has 1 heterocycles. The summed E-state index contributed by atoms with van der Waals surface area (Å²) in [6.07, 6.45) is 0. The summed E-state index contributed by atoms with van der Waals surface area (Å²) in [7, 11) is 2.67. The molecule has 0 aliphatic rings. The van der Waals surface area contributed by atoms with E-state index < -0.39 is 0 Å². The minimum absolute atomic E-state index is 0.276. The number of rotatable bonds is 1. The van der Waals surface area contributed by atoms with Crippen LogP contribution >= 0.6 is 32.5 Å². The number of hydrogen-bond donors (Lipinski definition) is 0. The quantitative estimate of drug-likeness (QED) is 0.710. The van der Waals surface area contributed by atoms with Crippen LogP contribution < -0.4 is 4.67 Å². The van der Waals surface area contributed by atoms with Crippen molar-refractivity contribution in [2.24, 2.45) is 4.99 Å². The second-order valence-corrected chi connectivity index (χ2v) is 4.62.